The first-order valence-electron chi connectivity index (χ1n) is 8.02. The molecule has 26 heavy (non-hydrogen) atoms. The summed E-state index contributed by atoms with van der Waals surface area (Å²) in [5.41, 5.74) is 1.05. The van der Waals surface area contributed by atoms with Crippen molar-refractivity contribution in [2.75, 3.05) is 28.3 Å². The monoisotopic (exact) mass is 357 g/mol. The normalized spacial score (nSPS) is 10.8. The maximum Gasteiger partial charge on any atom is 0.375 e. The lowest BCUT2D eigenvalue weighted by Crippen LogP contribution is -2.15. The fourth-order valence-corrected chi connectivity index (χ4v) is 2.15. The zero-order valence-corrected chi connectivity index (χ0v) is 15.4. The summed E-state index contributed by atoms with van der Waals surface area (Å²) in [6.45, 7) is 0.422. The topological polar surface area (TPSA) is 57.2 Å². The van der Waals surface area contributed by atoms with Gasteiger partial charge in [-0.15, -0.1) is 0 Å². The lowest BCUT2D eigenvalue weighted by atomic mass is 10.2. The molecular weight excluding hydrogens is 334 g/mol. The van der Waals surface area contributed by atoms with Gasteiger partial charge in [0.25, 0.3) is 0 Å². The zero-order chi connectivity index (χ0) is 18.9. The van der Waals surface area contributed by atoms with E-state index in [9.17, 15) is 4.79 Å². The van der Waals surface area contributed by atoms with Gasteiger partial charge in [0.05, 0.1) is 14.2 Å². The van der Waals surface area contributed by atoms with E-state index in [0.29, 0.717) is 23.9 Å². The number of hydrogen-bond donors (Lipinski definition) is 0. The lowest BCUT2D eigenvalue weighted by Gasteiger charge is -2.14. The predicted molar refractivity (Wildman–Crippen MR) is 98.2 cm³/mol. The molecule has 0 bridgehead atoms. The molecule has 138 valence electrons. The molecule has 0 aromatic heterocycles. The second kappa shape index (κ2) is 9.36. The summed E-state index contributed by atoms with van der Waals surface area (Å²) in [5.74, 6) is 1.03. The number of hydrogen-bond acceptors (Lipinski definition) is 6. The van der Waals surface area contributed by atoms with Crippen molar-refractivity contribution in [1.82, 2.24) is 4.90 Å². The Bertz CT molecular complexity index is 756. The van der Waals surface area contributed by atoms with Crippen LogP contribution in [0.3, 0.4) is 0 Å². The minimum absolute atomic E-state index is 0.0671. The van der Waals surface area contributed by atoms with Gasteiger partial charge in [-0.05, 0) is 17.7 Å². The first kappa shape index (κ1) is 19.2. The Balaban J connectivity index is 2.15. The molecule has 6 heteroatoms. The fourth-order valence-electron chi connectivity index (χ4n) is 2.15. The lowest BCUT2D eigenvalue weighted by molar-refractivity contribution is -0.138. The largest absolute Gasteiger partial charge is 0.493 e. The summed E-state index contributed by atoms with van der Waals surface area (Å²) in [5, 5.41) is 0. The van der Waals surface area contributed by atoms with E-state index in [0.717, 1.165) is 5.56 Å². The summed E-state index contributed by atoms with van der Waals surface area (Å²) in [7, 11) is 6.42. The second-order valence-electron chi connectivity index (χ2n) is 5.64. The standard InChI is InChI=1S/C20H23NO5/c1-21(2)13-19(20(22)24-4)26-16-10-11-17(18(12-16)23-3)25-14-15-8-6-5-7-9-15/h5-13H,14H2,1-4H3/b19-13+. The highest BCUT2D eigenvalue weighted by Crippen LogP contribution is 2.32. The third-order valence-electron chi connectivity index (χ3n) is 3.36. The molecule has 0 N–H and O–H groups in total. The van der Waals surface area contributed by atoms with E-state index in [1.54, 1.807) is 44.3 Å². The minimum atomic E-state index is -0.568. The van der Waals surface area contributed by atoms with Gasteiger partial charge in [0.2, 0.25) is 5.76 Å². The van der Waals surface area contributed by atoms with Crippen molar-refractivity contribution in [2.24, 2.45) is 0 Å². The number of carbonyl (C=O) groups is 1. The molecule has 6 nitrogen and oxygen atoms in total. The quantitative estimate of drug-likeness (QED) is 0.411. The third kappa shape index (κ3) is 5.44. The molecule has 2 aromatic carbocycles. The Morgan fingerprint density at radius 2 is 1.77 bits per heavy atom. The molecule has 2 rings (SSSR count). The van der Waals surface area contributed by atoms with Crippen molar-refractivity contribution < 1.29 is 23.7 Å². The summed E-state index contributed by atoms with van der Waals surface area (Å²) in [4.78, 5) is 13.5. The first-order valence-corrected chi connectivity index (χ1v) is 8.02. The van der Waals surface area contributed by atoms with Crippen LogP contribution in [0.25, 0.3) is 0 Å². The summed E-state index contributed by atoms with van der Waals surface area (Å²) < 4.78 is 21.6. The average Bonchev–Trinajstić information content (AvgIpc) is 2.66. The Kier molecular flexibility index (Phi) is 6.91. The molecule has 0 aliphatic carbocycles. The predicted octanol–water partition coefficient (Wildman–Crippen LogP) is 3.23. The van der Waals surface area contributed by atoms with Crippen LogP contribution in [0.1, 0.15) is 5.56 Å². The van der Waals surface area contributed by atoms with E-state index in [4.69, 9.17) is 18.9 Å². The van der Waals surface area contributed by atoms with E-state index in [-0.39, 0.29) is 5.76 Å². The van der Waals surface area contributed by atoms with Gasteiger partial charge in [0, 0.05) is 26.4 Å². The van der Waals surface area contributed by atoms with Crippen LogP contribution in [-0.4, -0.2) is 39.2 Å². The number of benzene rings is 2. The molecule has 0 saturated heterocycles. The summed E-state index contributed by atoms with van der Waals surface area (Å²) in [6, 6.07) is 14.9. The minimum Gasteiger partial charge on any atom is -0.493 e. The van der Waals surface area contributed by atoms with Gasteiger partial charge in [-0.1, -0.05) is 30.3 Å². The maximum absolute atomic E-state index is 11.8. The number of ether oxygens (including phenoxy) is 4. The van der Waals surface area contributed by atoms with E-state index < -0.39 is 5.97 Å². The molecule has 0 aliphatic heterocycles. The van der Waals surface area contributed by atoms with Crippen molar-refractivity contribution >= 4 is 5.97 Å². The highest BCUT2D eigenvalue weighted by atomic mass is 16.6. The van der Waals surface area contributed by atoms with Crippen LogP contribution in [-0.2, 0) is 16.1 Å². The Morgan fingerprint density at radius 3 is 2.38 bits per heavy atom. The van der Waals surface area contributed by atoms with Gasteiger partial charge in [-0.2, -0.15) is 0 Å². The van der Waals surface area contributed by atoms with E-state index in [1.807, 2.05) is 30.3 Å². The SMILES string of the molecule is COC(=O)/C(=C\N(C)C)Oc1ccc(OCc2ccccc2)c(OC)c1. The maximum atomic E-state index is 11.8. The van der Waals surface area contributed by atoms with Crippen LogP contribution >= 0.6 is 0 Å². The molecule has 0 radical (unpaired) electrons. The van der Waals surface area contributed by atoms with Gasteiger partial charge in [-0.3, -0.25) is 0 Å². The van der Waals surface area contributed by atoms with Crippen molar-refractivity contribution in [3.63, 3.8) is 0 Å². The smallest absolute Gasteiger partial charge is 0.375 e. The number of methoxy groups -OCH3 is 2. The highest BCUT2D eigenvalue weighted by molar-refractivity contribution is 5.86. The van der Waals surface area contributed by atoms with Crippen molar-refractivity contribution in [3.05, 3.63) is 66.1 Å². The van der Waals surface area contributed by atoms with E-state index in [1.165, 1.54) is 13.3 Å². The molecule has 0 unspecified atom stereocenters. The van der Waals surface area contributed by atoms with Crippen molar-refractivity contribution in [1.29, 1.82) is 0 Å². The summed E-state index contributed by atoms with van der Waals surface area (Å²) >= 11 is 0. The Morgan fingerprint density at radius 1 is 1.04 bits per heavy atom. The van der Waals surface area contributed by atoms with Crippen LogP contribution in [0.5, 0.6) is 17.2 Å². The van der Waals surface area contributed by atoms with Gasteiger partial charge in [0.15, 0.2) is 11.5 Å². The van der Waals surface area contributed by atoms with Crippen molar-refractivity contribution in [2.45, 2.75) is 6.61 Å². The third-order valence-corrected chi connectivity index (χ3v) is 3.36. The highest BCUT2D eigenvalue weighted by Gasteiger charge is 2.15. The van der Waals surface area contributed by atoms with Crippen molar-refractivity contribution in [3.8, 4) is 17.2 Å². The molecule has 0 fully saturated rings. The molecule has 0 saturated carbocycles. The average molecular weight is 357 g/mol. The Hall–Kier alpha value is -3.15. The van der Waals surface area contributed by atoms with Gasteiger partial charge < -0.3 is 23.8 Å². The zero-order valence-electron chi connectivity index (χ0n) is 15.4. The first-order chi connectivity index (χ1) is 12.5. The molecule has 0 amide bonds. The van der Waals surface area contributed by atoms with Crippen LogP contribution in [0.15, 0.2) is 60.5 Å². The van der Waals surface area contributed by atoms with Crippen LogP contribution in [0, 0.1) is 0 Å². The second-order valence-corrected chi connectivity index (χ2v) is 5.64. The molecular formula is C20H23NO5. The van der Waals surface area contributed by atoms with E-state index in [2.05, 4.69) is 0 Å². The number of carbonyl (C=O) groups excluding carboxylic acids is 1. The number of rotatable bonds is 8. The van der Waals surface area contributed by atoms with Crippen LogP contribution in [0.2, 0.25) is 0 Å². The number of nitrogens with zero attached hydrogens (tertiary/aromatic N) is 1. The number of esters is 1. The molecule has 0 heterocycles. The summed E-state index contributed by atoms with van der Waals surface area (Å²) in [6.07, 6.45) is 1.54. The van der Waals surface area contributed by atoms with Crippen LogP contribution < -0.4 is 14.2 Å². The van der Waals surface area contributed by atoms with Crippen LogP contribution in [0.4, 0.5) is 0 Å². The molecule has 0 spiro atoms. The van der Waals surface area contributed by atoms with Gasteiger partial charge in [0.1, 0.15) is 12.4 Å². The fraction of sp³-hybridized carbons (Fsp3) is 0.250. The molecule has 0 aliphatic rings. The molecule has 2 aromatic rings. The molecule has 0 atom stereocenters. The van der Waals surface area contributed by atoms with E-state index >= 15 is 0 Å². The van der Waals surface area contributed by atoms with Gasteiger partial charge >= 0.3 is 5.97 Å². The van der Waals surface area contributed by atoms with Gasteiger partial charge in [-0.25, -0.2) is 4.79 Å². The Labute approximate surface area is 153 Å².